The van der Waals surface area contributed by atoms with Gasteiger partial charge in [0.15, 0.2) is 0 Å². The first kappa shape index (κ1) is 19.6. The Morgan fingerprint density at radius 3 is 2.72 bits per heavy atom. The zero-order chi connectivity index (χ0) is 20.3. The van der Waals surface area contributed by atoms with Gasteiger partial charge in [-0.15, -0.1) is 0 Å². The fraction of sp³-hybridized carbons (Fsp3) is 0.545. The van der Waals surface area contributed by atoms with Gasteiger partial charge in [0, 0.05) is 69.7 Å². The van der Waals surface area contributed by atoms with E-state index in [0.717, 1.165) is 75.0 Å². The molecule has 0 radical (unpaired) electrons. The fourth-order valence-corrected chi connectivity index (χ4v) is 4.51. The van der Waals surface area contributed by atoms with Gasteiger partial charge >= 0.3 is 0 Å². The molecule has 7 heteroatoms. The largest absolute Gasteiger partial charge is 0.373 e. The number of pyridine rings is 1. The molecule has 1 spiro atoms. The van der Waals surface area contributed by atoms with Gasteiger partial charge in [-0.1, -0.05) is 6.07 Å². The Labute approximate surface area is 172 Å². The van der Waals surface area contributed by atoms with E-state index in [2.05, 4.69) is 30.1 Å². The van der Waals surface area contributed by atoms with Crippen LogP contribution in [0.5, 0.6) is 0 Å². The minimum atomic E-state index is 0.226. The summed E-state index contributed by atoms with van der Waals surface area (Å²) in [5, 5.41) is 3.12. The predicted octanol–water partition coefficient (Wildman–Crippen LogP) is 2.67. The Morgan fingerprint density at radius 2 is 2.00 bits per heavy atom. The second-order valence-electron chi connectivity index (χ2n) is 8.32. The number of hydrogen-bond donors (Lipinski definition) is 1. The van der Waals surface area contributed by atoms with Crippen LogP contribution in [0.1, 0.15) is 37.1 Å². The average molecular weight is 395 g/mol. The molecule has 2 fully saturated rings. The second kappa shape index (κ2) is 8.35. The Kier molecular flexibility index (Phi) is 5.65. The molecule has 154 valence electrons. The lowest BCUT2D eigenvalue weighted by Crippen LogP contribution is -2.52. The smallest absolute Gasteiger partial charge is 0.227 e. The lowest BCUT2D eigenvalue weighted by Gasteiger charge is -2.47. The van der Waals surface area contributed by atoms with E-state index in [-0.39, 0.29) is 11.3 Å². The number of amides is 1. The van der Waals surface area contributed by atoms with Gasteiger partial charge < -0.3 is 15.1 Å². The summed E-state index contributed by atoms with van der Waals surface area (Å²) in [7, 11) is 1.88. The number of hydrogen-bond acceptors (Lipinski definition) is 6. The lowest BCUT2D eigenvalue weighted by atomic mass is 9.72. The van der Waals surface area contributed by atoms with Crippen LogP contribution in [-0.4, -0.2) is 59.0 Å². The number of aryl methyl sites for hydroxylation is 1. The van der Waals surface area contributed by atoms with Crippen LogP contribution < -0.4 is 10.2 Å². The van der Waals surface area contributed by atoms with Crippen LogP contribution in [-0.2, 0) is 11.2 Å². The van der Waals surface area contributed by atoms with Crippen molar-refractivity contribution in [3.63, 3.8) is 0 Å². The molecule has 2 aliphatic heterocycles. The molecule has 2 aromatic rings. The molecule has 7 nitrogen and oxygen atoms in total. The van der Waals surface area contributed by atoms with Crippen LogP contribution in [0.25, 0.3) is 0 Å². The molecule has 0 aromatic carbocycles. The number of aromatic nitrogens is 3. The van der Waals surface area contributed by atoms with Gasteiger partial charge in [-0.3, -0.25) is 9.78 Å². The molecule has 4 rings (SSSR count). The highest BCUT2D eigenvalue weighted by molar-refractivity contribution is 5.77. The SMILES string of the molecule is CNc1cc(C)nc(N2CCC3(CCC(=O)N(CCc4ccccn4)C3)CC2)n1. The molecule has 2 aliphatic rings. The number of carbonyl (C=O) groups is 1. The van der Waals surface area contributed by atoms with Crippen molar-refractivity contribution < 1.29 is 4.79 Å². The monoisotopic (exact) mass is 394 g/mol. The molecule has 0 saturated carbocycles. The molecule has 0 atom stereocenters. The van der Waals surface area contributed by atoms with Crippen LogP contribution in [0.15, 0.2) is 30.5 Å². The third-order valence-corrected chi connectivity index (χ3v) is 6.32. The van der Waals surface area contributed by atoms with Gasteiger partial charge in [0.2, 0.25) is 11.9 Å². The van der Waals surface area contributed by atoms with E-state index in [4.69, 9.17) is 0 Å². The number of nitrogens with one attached hydrogen (secondary N) is 1. The number of anilines is 2. The van der Waals surface area contributed by atoms with E-state index < -0.39 is 0 Å². The van der Waals surface area contributed by atoms with Crippen LogP contribution in [0, 0.1) is 12.3 Å². The number of likely N-dealkylation sites (tertiary alicyclic amines) is 1. The lowest BCUT2D eigenvalue weighted by molar-refractivity contribution is -0.138. The van der Waals surface area contributed by atoms with Gasteiger partial charge in [-0.25, -0.2) is 4.98 Å². The molecule has 0 bridgehead atoms. The van der Waals surface area contributed by atoms with E-state index in [9.17, 15) is 4.79 Å². The van der Waals surface area contributed by atoms with Crippen molar-refractivity contribution in [3.8, 4) is 0 Å². The third kappa shape index (κ3) is 4.49. The quantitative estimate of drug-likeness (QED) is 0.840. The maximum Gasteiger partial charge on any atom is 0.227 e. The van der Waals surface area contributed by atoms with Gasteiger partial charge in [0.05, 0.1) is 0 Å². The normalized spacial score (nSPS) is 18.9. The molecule has 1 amide bonds. The van der Waals surface area contributed by atoms with Crippen molar-refractivity contribution in [2.45, 2.75) is 39.0 Å². The van der Waals surface area contributed by atoms with E-state index in [1.165, 1.54) is 0 Å². The molecule has 2 saturated heterocycles. The number of carbonyl (C=O) groups excluding carboxylic acids is 1. The van der Waals surface area contributed by atoms with Crippen molar-refractivity contribution in [3.05, 3.63) is 41.9 Å². The van der Waals surface area contributed by atoms with E-state index in [1.54, 1.807) is 0 Å². The molecular weight excluding hydrogens is 364 g/mol. The van der Waals surface area contributed by atoms with Crippen molar-refractivity contribution in [2.24, 2.45) is 5.41 Å². The Balaban J connectivity index is 1.38. The summed E-state index contributed by atoms with van der Waals surface area (Å²) in [5.74, 6) is 1.95. The van der Waals surface area contributed by atoms with Gasteiger partial charge in [-0.05, 0) is 43.7 Å². The summed E-state index contributed by atoms with van der Waals surface area (Å²) in [6, 6.07) is 7.92. The summed E-state index contributed by atoms with van der Waals surface area (Å²) in [6.45, 7) is 5.50. The van der Waals surface area contributed by atoms with E-state index >= 15 is 0 Å². The summed E-state index contributed by atoms with van der Waals surface area (Å²) in [5.41, 5.74) is 2.25. The van der Waals surface area contributed by atoms with Gasteiger partial charge in [-0.2, -0.15) is 4.98 Å². The molecule has 0 unspecified atom stereocenters. The summed E-state index contributed by atoms with van der Waals surface area (Å²) in [6.07, 6.45) is 6.44. The standard InChI is InChI=1S/C22H30N6O/c1-17-15-19(23-2)26-21(25-17)27-13-9-22(10-14-27)8-6-20(29)28(16-22)12-7-18-5-3-4-11-24-18/h3-5,11,15H,6-10,12-14,16H2,1-2H3,(H,23,25,26). The minimum Gasteiger partial charge on any atom is -0.373 e. The molecule has 1 N–H and O–H groups in total. The fourth-order valence-electron chi connectivity index (χ4n) is 4.51. The number of nitrogens with zero attached hydrogens (tertiary/aromatic N) is 5. The molecule has 29 heavy (non-hydrogen) atoms. The summed E-state index contributed by atoms with van der Waals surface area (Å²) < 4.78 is 0. The Bertz CT molecular complexity index is 848. The topological polar surface area (TPSA) is 74.2 Å². The highest BCUT2D eigenvalue weighted by atomic mass is 16.2. The summed E-state index contributed by atoms with van der Waals surface area (Å²) in [4.78, 5) is 30.5. The molecule has 4 heterocycles. The van der Waals surface area contributed by atoms with E-state index in [1.807, 2.05) is 44.4 Å². The first-order valence-corrected chi connectivity index (χ1v) is 10.5. The second-order valence-corrected chi connectivity index (χ2v) is 8.32. The number of piperidine rings is 2. The first-order valence-electron chi connectivity index (χ1n) is 10.5. The Hall–Kier alpha value is -2.70. The first-order chi connectivity index (χ1) is 14.1. The van der Waals surface area contributed by atoms with Crippen molar-refractivity contribution in [1.82, 2.24) is 19.9 Å². The summed E-state index contributed by atoms with van der Waals surface area (Å²) >= 11 is 0. The third-order valence-electron chi connectivity index (χ3n) is 6.32. The highest BCUT2D eigenvalue weighted by Gasteiger charge is 2.41. The maximum absolute atomic E-state index is 12.5. The predicted molar refractivity (Wildman–Crippen MR) is 114 cm³/mol. The zero-order valence-corrected chi connectivity index (χ0v) is 17.4. The maximum atomic E-state index is 12.5. The zero-order valence-electron chi connectivity index (χ0n) is 17.4. The van der Waals surface area contributed by atoms with Crippen LogP contribution in [0.2, 0.25) is 0 Å². The van der Waals surface area contributed by atoms with Crippen molar-refractivity contribution >= 4 is 17.7 Å². The van der Waals surface area contributed by atoms with Gasteiger partial charge in [0.25, 0.3) is 0 Å². The molecular formula is C22H30N6O. The minimum absolute atomic E-state index is 0.226. The Morgan fingerprint density at radius 1 is 1.17 bits per heavy atom. The molecule has 2 aromatic heterocycles. The average Bonchev–Trinajstić information content (AvgIpc) is 2.75. The van der Waals surface area contributed by atoms with Gasteiger partial charge in [0.1, 0.15) is 5.82 Å². The van der Waals surface area contributed by atoms with E-state index in [0.29, 0.717) is 6.42 Å². The van der Waals surface area contributed by atoms with Crippen LogP contribution >= 0.6 is 0 Å². The molecule has 0 aliphatic carbocycles. The van der Waals surface area contributed by atoms with Crippen molar-refractivity contribution in [1.29, 1.82) is 0 Å². The highest BCUT2D eigenvalue weighted by Crippen LogP contribution is 2.40. The van der Waals surface area contributed by atoms with Crippen LogP contribution in [0.3, 0.4) is 0 Å². The van der Waals surface area contributed by atoms with Crippen molar-refractivity contribution in [2.75, 3.05) is 43.4 Å². The number of rotatable bonds is 5. The van der Waals surface area contributed by atoms with Crippen LogP contribution in [0.4, 0.5) is 11.8 Å².